The van der Waals surface area contributed by atoms with Crippen molar-refractivity contribution in [2.75, 3.05) is 39.6 Å². The zero-order valence-corrected chi connectivity index (χ0v) is 72.1. The highest BCUT2D eigenvalue weighted by Crippen LogP contribution is 2.45. The summed E-state index contributed by atoms with van der Waals surface area (Å²) in [6, 6.07) is 0. The average Bonchev–Trinajstić information content (AvgIpc) is 0.906. The van der Waals surface area contributed by atoms with Gasteiger partial charge in [-0.1, -0.05) is 412 Å². The van der Waals surface area contributed by atoms with Crippen molar-refractivity contribution in [3.63, 3.8) is 0 Å². The Morgan fingerprint density at radius 2 is 0.444 bits per heavy atom. The van der Waals surface area contributed by atoms with Crippen molar-refractivity contribution in [3.05, 3.63) is 24.3 Å². The molecule has 0 aliphatic carbocycles. The second-order valence-corrected chi connectivity index (χ2v) is 34.2. The van der Waals surface area contributed by atoms with Crippen LogP contribution in [0.1, 0.15) is 464 Å². The van der Waals surface area contributed by atoms with Crippen LogP contribution in [0, 0.1) is 0 Å². The molecule has 108 heavy (non-hydrogen) atoms. The van der Waals surface area contributed by atoms with Crippen molar-refractivity contribution < 1.29 is 80.2 Å². The van der Waals surface area contributed by atoms with E-state index in [1.165, 1.54) is 283 Å². The SMILES string of the molecule is CCCCCC/C=C\C=C/CCCCCCCC(=O)O[C@H](COC(=O)CCCCCCCCCCC)COP(=O)(O)OC[C@H](O)COP(=O)(O)OC[C@@H](COC(=O)CCCCCCCCCCCCCCCCCCCCCCCC)OC(=O)CCCCCCCCCCCCCCCCCCCCCCCC. The number of ether oxygens (including phenoxy) is 4. The molecule has 5 atom stereocenters. The van der Waals surface area contributed by atoms with Gasteiger partial charge in [0.25, 0.3) is 0 Å². The molecule has 638 valence electrons. The van der Waals surface area contributed by atoms with Gasteiger partial charge in [0.15, 0.2) is 12.2 Å². The highest BCUT2D eigenvalue weighted by Gasteiger charge is 2.30. The summed E-state index contributed by atoms with van der Waals surface area (Å²) in [5.41, 5.74) is 0. The summed E-state index contributed by atoms with van der Waals surface area (Å²) in [4.78, 5) is 73.2. The van der Waals surface area contributed by atoms with Gasteiger partial charge in [-0.2, -0.15) is 0 Å². The normalized spacial score (nSPS) is 13.8. The molecule has 0 heterocycles. The summed E-state index contributed by atoms with van der Waals surface area (Å²) in [6.45, 7) is 4.98. The Kier molecular flexibility index (Phi) is 80.6. The van der Waals surface area contributed by atoms with Crippen molar-refractivity contribution in [3.8, 4) is 0 Å². The molecular formula is C89H170O17P2. The summed E-state index contributed by atoms with van der Waals surface area (Å²) in [7, 11) is -9.94. The number of carbonyl (C=O) groups is 4. The van der Waals surface area contributed by atoms with Crippen molar-refractivity contribution >= 4 is 39.5 Å². The number of phosphoric acid groups is 2. The van der Waals surface area contributed by atoms with Gasteiger partial charge in [-0.3, -0.25) is 37.3 Å². The maximum absolute atomic E-state index is 13.2. The van der Waals surface area contributed by atoms with E-state index < -0.39 is 97.5 Å². The monoisotopic (exact) mass is 1570 g/mol. The molecule has 0 aliphatic heterocycles. The van der Waals surface area contributed by atoms with Gasteiger partial charge in [0, 0.05) is 25.7 Å². The van der Waals surface area contributed by atoms with Crippen LogP contribution in [-0.4, -0.2) is 96.7 Å². The lowest BCUT2D eigenvalue weighted by atomic mass is 10.0. The van der Waals surface area contributed by atoms with Crippen LogP contribution >= 0.6 is 15.6 Å². The smallest absolute Gasteiger partial charge is 0.462 e. The number of allylic oxidation sites excluding steroid dienone is 4. The minimum absolute atomic E-state index is 0.0858. The van der Waals surface area contributed by atoms with Gasteiger partial charge < -0.3 is 33.8 Å². The first-order valence-corrected chi connectivity index (χ1v) is 48.6. The van der Waals surface area contributed by atoms with E-state index in [0.717, 1.165) is 103 Å². The van der Waals surface area contributed by atoms with Crippen LogP contribution in [0.3, 0.4) is 0 Å². The van der Waals surface area contributed by atoms with Gasteiger partial charge in [-0.15, -0.1) is 0 Å². The molecule has 0 saturated heterocycles. The van der Waals surface area contributed by atoms with Crippen LogP contribution in [0.25, 0.3) is 0 Å². The molecule has 0 aromatic carbocycles. The number of rotatable bonds is 88. The molecule has 0 fully saturated rings. The fourth-order valence-corrected chi connectivity index (χ4v) is 15.1. The lowest BCUT2D eigenvalue weighted by Gasteiger charge is -2.21. The Hall–Kier alpha value is -2.46. The molecule has 0 amide bonds. The van der Waals surface area contributed by atoms with Crippen molar-refractivity contribution in [2.45, 2.75) is 483 Å². The molecule has 2 unspecified atom stereocenters. The third kappa shape index (κ3) is 81.6. The Morgan fingerprint density at radius 3 is 0.676 bits per heavy atom. The van der Waals surface area contributed by atoms with Gasteiger partial charge in [0.2, 0.25) is 0 Å². The molecule has 0 aromatic heterocycles. The van der Waals surface area contributed by atoms with E-state index in [0.29, 0.717) is 25.7 Å². The second-order valence-electron chi connectivity index (χ2n) is 31.3. The first kappa shape index (κ1) is 106. The first-order valence-electron chi connectivity index (χ1n) is 45.6. The molecule has 0 rings (SSSR count). The van der Waals surface area contributed by atoms with E-state index in [2.05, 4.69) is 52.0 Å². The van der Waals surface area contributed by atoms with Crippen LogP contribution < -0.4 is 0 Å². The van der Waals surface area contributed by atoms with E-state index in [-0.39, 0.29) is 25.7 Å². The minimum Gasteiger partial charge on any atom is -0.462 e. The maximum atomic E-state index is 13.2. The van der Waals surface area contributed by atoms with Gasteiger partial charge in [-0.05, 0) is 51.4 Å². The number of carbonyl (C=O) groups excluding carboxylic acids is 4. The molecule has 0 spiro atoms. The quantitative estimate of drug-likeness (QED) is 0.0169. The van der Waals surface area contributed by atoms with Crippen molar-refractivity contribution in [1.82, 2.24) is 0 Å². The zero-order chi connectivity index (χ0) is 78.9. The van der Waals surface area contributed by atoms with Crippen LogP contribution in [-0.2, 0) is 65.4 Å². The van der Waals surface area contributed by atoms with Crippen molar-refractivity contribution in [2.24, 2.45) is 0 Å². The van der Waals surface area contributed by atoms with Crippen LogP contribution in [0.15, 0.2) is 24.3 Å². The average molecular weight is 1570 g/mol. The molecular weight excluding hydrogens is 1400 g/mol. The molecule has 0 bridgehead atoms. The lowest BCUT2D eigenvalue weighted by molar-refractivity contribution is -0.161. The number of esters is 4. The summed E-state index contributed by atoms with van der Waals surface area (Å²) >= 11 is 0. The zero-order valence-electron chi connectivity index (χ0n) is 70.3. The fourth-order valence-electron chi connectivity index (χ4n) is 13.5. The van der Waals surface area contributed by atoms with Gasteiger partial charge in [-0.25, -0.2) is 9.13 Å². The summed E-state index contributed by atoms with van der Waals surface area (Å²) in [5, 5.41) is 10.7. The Balaban J connectivity index is 5.21. The first-order chi connectivity index (χ1) is 52.7. The third-order valence-electron chi connectivity index (χ3n) is 20.5. The van der Waals surface area contributed by atoms with E-state index >= 15 is 0 Å². The van der Waals surface area contributed by atoms with Gasteiger partial charge >= 0.3 is 39.5 Å². The number of hydrogen-bond donors (Lipinski definition) is 3. The van der Waals surface area contributed by atoms with Gasteiger partial charge in [0.05, 0.1) is 26.4 Å². The summed E-state index contributed by atoms with van der Waals surface area (Å²) < 4.78 is 68.8. The maximum Gasteiger partial charge on any atom is 0.472 e. The van der Waals surface area contributed by atoms with Crippen LogP contribution in [0.4, 0.5) is 0 Å². The van der Waals surface area contributed by atoms with E-state index in [1.807, 2.05) is 0 Å². The van der Waals surface area contributed by atoms with Crippen LogP contribution in [0.2, 0.25) is 0 Å². The summed E-state index contributed by atoms with van der Waals surface area (Å²) in [6.07, 6.45) is 81.7. The molecule has 0 saturated carbocycles. The lowest BCUT2D eigenvalue weighted by Crippen LogP contribution is -2.30. The molecule has 17 nitrogen and oxygen atoms in total. The standard InChI is InChI=1S/C89H170O17P2/c1-5-9-13-17-21-25-28-31-34-36-38-40-42-44-46-49-51-54-58-62-66-70-74-87(92)100-80-85(106-89(94)76-72-68-64-60-56-53-50-47-45-43-41-39-37-35-32-29-26-22-18-14-10-6-2)82-104-108(97,98)102-78-83(90)77-101-107(95,96)103-81-84(79-99-86(91)73-69-65-61-57-24-20-16-12-8-4)105-88(93)75-71-67-63-59-55-52-48-33-30-27-23-19-15-11-7-3/h27,30,33,48,83-85,90H,5-26,28-29,31-32,34-47,49-82H2,1-4H3,(H,95,96)(H,97,98)/b30-27-,48-33-/t83-,84+,85+/m0/s1. The molecule has 0 aliphatic rings. The molecule has 3 N–H and O–H groups in total. The van der Waals surface area contributed by atoms with Crippen molar-refractivity contribution in [1.29, 1.82) is 0 Å². The Labute approximate surface area is 663 Å². The fraction of sp³-hybridized carbons (Fsp3) is 0.910. The number of aliphatic hydroxyl groups excluding tert-OH is 1. The number of hydrogen-bond acceptors (Lipinski definition) is 15. The second kappa shape index (κ2) is 82.5. The predicted octanol–water partition coefficient (Wildman–Crippen LogP) is 27.2. The highest BCUT2D eigenvalue weighted by atomic mass is 31.2. The number of unbranched alkanes of at least 4 members (excludes halogenated alkanes) is 59. The Morgan fingerprint density at radius 1 is 0.259 bits per heavy atom. The Bertz CT molecular complexity index is 2130. The third-order valence-corrected chi connectivity index (χ3v) is 22.4. The molecule has 0 radical (unpaired) electrons. The van der Waals surface area contributed by atoms with E-state index in [9.17, 15) is 43.2 Å². The number of aliphatic hydroxyl groups is 1. The summed E-state index contributed by atoms with van der Waals surface area (Å²) in [5.74, 6) is -2.13. The minimum atomic E-state index is -4.97. The predicted molar refractivity (Wildman–Crippen MR) is 446 cm³/mol. The number of phosphoric ester groups is 2. The molecule has 0 aromatic rings. The topological polar surface area (TPSA) is 237 Å². The molecule has 19 heteroatoms. The van der Waals surface area contributed by atoms with Gasteiger partial charge in [0.1, 0.15) is 19.3 Å². The largest absolute Gasteiger partial charge is 0.472 e. The van der Waals surface area contributed by atoms with E-state index in [4.69, 9.17) is 37.0 Å². The van der Waals surface area contributed by atoms with E-state index in [1.54, 1.807) is 0 Å². The van der Waals surface area contributed by atoms with Crippen LogP contribution in [0.5, 0.6) is 0 Å². The highest BCUT2D eigenvalue weighted by molar-refractivity contribution is 7.47.